The highest BCUT2D eigenvalue weighted by atomic mass is 32.2. The number of hydrogen-bond acceptors (Lipinski definition) is 5. The van der Waals surface area contributed by atoms with Crippen molar-refractivity contribution in [2.24, 2.45) is 0 Å². The molecule has 1 aromatic heterocycles. The van der Waals surface area contributed by atoms with E-state index < -0.39 is 0 Å². The molecule has 0 bridgehead atoms. The number of rotatable bonds is 4. The molecule has 0 aliphatic carbocycles. The second-order valence-corrected chi connectivity index (χ2v) is 7.67. The summed E-state index contributed by atoms with van der Waals surface area (Å²) in [6, 6.07) is 13.1. The fraction of sp³-hybridized carbons (Fsp3) is 0.167. The van der Waals surface area contributed by atoms with E-state index in [1.807, 2.05) is 24.3 Å². The van der Waals surface area contributed by atoms with E-state index in [4.69, 9.17) is 4.74 Å². The number of para-hydroxylation sites is 1. The Kier molecular flexibility index (Phi) is 4.16. The highest BCUT2D eigenvalue weighted by Crippen LogP contribution is 2.41. The fourth-order valence-electron chi connectivity index (χ4n) is 2.63. The Hall–Kier alpha value is -2.05. The standard InChI is InChI=1S/C18H15FN2OS2/c1-22-12-5-2-4-11(10-12)14-8-9-16(23-14)20-18-21-17-13(19)6-3-7-15(17)24-18/h2-8,10,16H,9H2,1H3,(H,20,21). The van der Waals surface area contributed by atoms with Gasteiger partial charge in [-0.15, -0.1) is 11.8 Å². The molecule has 0 saturated heterocycles. The van der Waals surface area contributed by atoms with Crippen LogP contribution in [-0.4, -0.2) is 17.5 Å². The number of thioether (sulfide) groups is 1. The molecule has 6 heteroatoms. The Labute approximate surface area is 147 Å². The first-order valence-corrected chi connectivity index (χ1v) is 9.25. The summed E-state index contributed by atoms with van der Waals surface area (Å²) in [5.41, 5.74) is 1.59. The van der Waals surface area contributed by atoms with Crippen molar-refractivity contribution in [2.45, 2.75) is 11.8 Å². The monoisotopic (exact) mass is 358 g/mol. The lowest BCUT2D eigenvalue weighted by molar-refractivity contribution is 0.414. The Morgan fingerprint density at radius 1 is 1.25 bits per heavy atom. The number of methoxy groups -OCH3 is 1. The summed E-state index contributed by atoms with van der Waals surface area (Å²) in [7, 11) is 1.67. The van der Waals surface area contributed by atoms with Crippen molar-refractivity contribution in [2.75, 3.05) is 12.4 Å². The van der Waals surface area contributed by atoms with Gasteiger partial charge in [-0.2, -0.15) is 0 Å². The van der Waals surface area contributed by atoms with Crippen LogP contribution < -0.4 is 10.1 Å². The van der Waals surface area contributed by atoms with Gasteiger partial charge in [-0.05, 0) is 36.2 Å². The third-order valence-corrected chi connectivity index (χ3v) is 6.00. The van der Waals surface area contributed by atoms with Crippen LogP contribution >= 0.6 is 23.1 Å². The predicted octanol–water partition coefficient (Wildman–Crippen LogP) is 5.36. The van der Waals surface area contributed by atoms with Crippen LogP contribution in [0.4, 0.5) is 9.52 Å². The van der Waals surface area contributed by atoms with Crippen LogP contribution in [0.1, 0.15) is 12.0 Å². The number of anilines is 1. The maximum Gasteiger partial charge on any atom is 0.184 e. The van der Waals surface area contributed by atoms with Crippen LogP contribution in [0, 0.1) is 5.82 Å². The summed E-state index contributed by atoms with van der Waals surface area (Å²) in [6.07, 6.45) is 3.11. The number of ether oxygens (including phenoxy) is 1. The van der Waals surface area contributed by atoms with Gasteiger partial charge >= 0.3 is 0 Å². The quantitative estimate of drug-likeness (QED) is 0.681. The fourth-order valence-corrected chi connectivity index (χ4v) is 4.76. The zero-order valence-corrected chi connectivity index (χ0v) is 14.6. The third-order valence-electron chi connectivity index (χ3n) is 3.80. The molecule has 3 nitrogen and oxygen atoms in total. The van der Waals surface area contributed by atoms with E-state index in [-0.39, 0.29) is 11.2 Å². The van der Waals surface area contributed by atoms with Crippen LogP contribution in [-0.2, 0) is 0 Å². The van der Waals surface area contributed by atoms with E-state index in [2.05, 4.69) is 22.4 Å². The first-order chi connectivity index (χ1) is 11.7. The lowest BCUT2D eigenvalue weighted by Crippen LogP contribution is -2.11. The van der Waals surface area contributed by atoms with Crippen LogP contribution in [0.25, 0.3) is 15.1 Å². The van der Waals surface area contributed by atoms with E-state index in [1.165, 1.54) is 22.3 Å². The Morgan fingerprint density at radius 3 is 2.96 bits per heavy atom. The van der Waals surface area contributed by atoms with Crippen LogP contribution in [0.3, 0.4) is 0 Å². The lowest BCUT2D eigenvalue weighted by atomic mass is 10.2. The molecule has 1 N–H and O–H groups in total. The van der Waals surface area contributed by atoms with Gasteiger partial charge in [0.1, 0.15) is 17.1 Å². The van der Waals surface area contributed by atoms with Gasteiger partial charge in [0, 0.05) is 4.91 Å². The average molecular weight is 358 g/mol. The second kappa shape index (κ2) is 6.45. The summed E-state index contributed by atoms with van der Waals surface area (Å²) in [5, 5.41) is 4.37. The van der Waals surface area contributed by atoms with Gasteiger partial charge in [0.2, 0.25) is 0 Å². The minimum Gasteiger partial charge on any atom is -0.497 e. The minimum atomic E-state index is -0.272. The summed E-state index contributed by atoms with van der Waals surface area (Å²) in [4.78, 5) is 5.60. The van der Waals surface area contributed by atoms with Gasteiger partial charge in [0.25, 0.3) is 0 Å². The Balaban J connectivity index is 1.48. The van der Waals surface area contributed by atoms with E-state index in [9.17, 15) is 4.39 Å². The largest absolute Gasteiger partial charge is 0.497 e. The molecule has 0 amide bonds. The average Bonchev–Trinajstić information content (AvgIpc) is 3.23. The summed E-state index contributed by atoms with van der Waals surface area (Å²) < 4.78 is 19.9. The van der Waals surface area contributed by atoms with E-state index in [1.54, 1.807) is 24.9 Å². The molecule has 0 fully saturated rings. The van der Waals surface area contributed by atoms with Crippen LogP contribution in [0.5, 0.6) is 5.75 Å². The van der Waals surface area contributed by atoms with Crippen LogP contribution in [0.15, 0.2) is 48.5 Å². The van der Waals surface area contributed by atoms with Gasteiger partial charge in [-0.3, -0.25) is 0 Å². The van der Waals surface area contributed by atoms with E-state index in [0.717, 1.165) is 27.6 Å². The molecule has 0 saturated carbocycles. The number of hydrogen-bond donors (Lipinski definition) is 1. The molecule has 3 aromatic rings. The Bertz CT molecular complexity index is 922. The van der Waals surface area contributed by atoms with E-state index >= 15 is 0 Å². The van der Waals surface area contributed by atoms with Crippen molar-refractivity contribution in [3.05, 3.63) is 59.9 Å². The molecule has 0 radical (unpaired) electrons. The number of nitrogens with one attached hydrogen (secondary N) is 1. The van der Waals surface area contributed by atoms with Crippen molar-refractivity contribution >= 4 is 43.4 Å². The zero-order valence-electron chi connectivity index (χ0n) is 13.0. The summed E-state index contributed by atoms with van der Waals surface area (Å²) in [5.74, 6) is 0.582. The number of halogens is 1. The molecule has 24 heavy (non-hydrogen) atoms. The molecular formula is C18H15FN2OS2. The van der Waals surface area contributed by atoms with Gasteiger partial charge < -0.3 is 10.1 Å². The topological polar surface area (TPSA) is 34.1 Å². The van der Waals surface area contributed by atoms with Gasteiger partial charge in [0.05, 0.1) is 17.2 Å². The first kappa shape index (κ1) is 15.5. The molecule has 2 aromatic carbocycles. The number of aromatic nitrogens is 1. The van der Waals surface area contributed by atoms with Crippen molar-refractivity contribution in [3.8, 4) is 5.75 Å². The van der Waals surface area contributed by atoms with E-state index in [0.29, 0.717) is 5.52 Å². The number of fused-ring (bicyclic) bond motifs is 1. The van der Waals surface area contributed by atoms with Crippen molar-refractivity contribution in [1.29, 1.82) is 0 Å². The minimum absolute atomic E-state index is 0.204. The number of thiazole rings is 1. The predicted molar refractivity (Wildman–Crippen MR) is 100 cm³/mol. The SMILES string of the molecule is COc1cccc(C2=CCC(Nc3nc4c(F)cccc4s3)S2)c1. The smallest absolute Gasteiger partial charge is 0.184 e. The summed E-state index contributed by atoms with van der Waals surface area (Å²) >= 11 is 3.24. The zero-order chi connectivity index (χ0) is 16.5. The molecule has 1 aliphatic heterocycles. The normalized spacial score (nSPS) is 17.1. The van der Waals surface area contributed by atoms with Crippen molar-refractivity contribution < 1.29 is 9.13 Å². The Morgan fingerprint density at radius 2 is 2.12 bits per heavy atom. The van der Waals surface area contributed by atoms with Gasteiger partial charge in [-0.1, -0.05) is 35.6 Å². The summed E-state index contributed by atoms with van der Waals surface area (Å²) in [6.45, 7) is 0. The maximum absolute atomic E-state index is 13.8. The van der Waals surface area contributed by atoms with Gasteiger partial charge in [0.15, 0.2) is 5.13 Å². The molecular weight excluding hydrogens is 343 g/mol. The number of benzene rings is 2. The first-order valence-electron chi connectivity index (χ1n) is 7.56. The molecule has 2 heterocycles. The third kappa shape index (κ3) is 2.99. The van der Waals surface area contributed by atoms with Crippen LogP contribution in [0.2, 0.25) is 0 Å². The highest BCUT2D eigenvalue weighted by Gasteiger charge is 2.20. The van der Waals surface area contributed by atoms with Crippen molar-refractivity contribution in [1.82, 2.24) is 4.98 Å². The maximum atomic E-state index is 13.8. The second-order valence-electron chi connectivity index (χ2n) is 5.39. The number of nitrogens with zero attached hydrogens (tertiary/aromatic N) is 1. The van der Waals surface area contributed by atoms with Gasteiger partial charge in [-0.25, -0.2) is 9.37 Å². The molecule has 1 atom stereocenters. The molecule has 1 unspecified atom stereocenters. The highest BCUT2D eigenvalue weighted by molar-refractivity contribution is 8.09. The molecule has 122 valence electrons. The molecule has 0 spiro atoms. The lowest BCUT2D eigenvalue weighted by Gasteiger charge is -2.11. The van der Waals surface area contributed by atoms with Crippen molar-refractivity contribution in [3.63, 3.8) is 0 Å². The molecule has 1 aliphatic rings. The molecule has 4 rings (SSSR count).